The third-order valence-electron chi connectivity index (χ3n) is 2.74. The van der Waals surface area contributed by atoms with E-state index in [0.717, 1.165) is 12.4 Å². The van der Waals surface area contributed by atoms with Gasteiger partial charge in [-0.05, 0) is 47.6 Å². The molecule has 1 aromatic heterocycles. The number of hydrogen-bond donors (Lipinski definition) is 1. The zero-order valence-electron chi connectivity index (χ0n) is 8.96. The summed E-state index contributed by atoms with van der Waals surface area (Å²) in [5.74, 6) is 4.04. The zero-order chi connectivity index (χ0) is 10.7. The molecule has 0 aromatic carbocycles. The summed E-state index contributed by atoms with van der Waals surface area (Å²) in [4.78, 5) is 0. The number of nitrogens with two attached hydrogens (primary N) is 1. The van der Waals surface area contributed by atoms with E-state index in [9.17, 15) is 0 Å². The van der Waals surface area contributed by atoms with Crippen LogP contribution in [0.4, 0.5) is 0 Å². The van der Waals surface area contributed by atoms with Gasteiger partial charge in [0, 0.05) is 6.54 Å². The molecular weight excluding hydrogens is 210 g/mol. The molecule has 1 aromatic rings. The molecule has 2 N–H and O–H groups in total. The van der Waals surface area contributed by atoms with Crippen molar-refractivity contribution in [2.24, 2.45) is 11.7 Å². The lowest BCUT2D eigenvalue weighted by Gasteiger charge is -2.21. The van der Waals surface area contributed by atoms with Crippen molar-refractivity contribution in [3.63, 3.8) is 0 Å². The lowest BCUT2D eigenvalue weighted by molar-refractivity contribution is 0.377. The second kappa shape index (κ2) is 4.94. The highest BCUT2D eigenvalue weighted by molar-refractivity contribution is 7.99. The summed E-state index contributed by atoms with van der Waals surface area (Å²) < 4.78 is 1.87. The van der Waals surface area contributed by atoms with Crippen LogP contribution in [0, 0.1) is 5.92 Å². The van der Waals surface area contributed by atoms with Gasteiger partial charge in [0.1, 0.15) is 0 Å². The van der Waals surface area contributed by atoms with Gasteiger partial charge in [-0.1, -0.05) is 0 Å². The molecule has 0 radical (unpaired) electrons. The van der Waals surface area contributed by atoms with Gasteiger partial charge in [-0.25, -0.2) is 4.68 Å². The molecule has 0 aliphatic carbocycles. The second-order valence-electron chi connectivity index (χ2n) is 4.06. The summed E-state index contributed by atoms with van der Waals surface area (Å²) in [7, 11) is 0. The summed E-state index contributed by atoms with van der Waals surface area (Å²) in [6, 6.07) is -0.0852. The van der Waals surface area contributed by atoms with Gasteiger partial charge in [-0.2, -0.15) is 11.8 Å². The van der Waals surface area contributed by atoms with Crippen LogP contribution < -0.4 is 5.73 Å². The Balaban J connectivity index is 1.99. The minimum Gasteiger partial charge on any atom is -0.322 e. The van der Waals surface area contributed by atoms with Gasteiger partial charge in [0.25, 0.3) is 0 Å². The molecule has 2 heterocycles. The van der Waals surface area contributed by atoms with E-state index >= 15 is 0 Å². The van der Waals surface area contributed by atoms with E-state index in [2.05, 4.69) is 15.5 Å². The fourth-order valence-corrected chi connectivity index (χ4v) is 3.05. The number of thioether (sulfide) groups is 1. The van der Waals surface area contributed by atoms with Gasteiger partial charge >= 0.3 is 0 Å². The molecule has 1 aliphatic heterocycles. The lowest BCUT2D eigenvalue weighted by Crippen LogP contribution is -2.21. The summed E-state index contributed by atoms with van der Waals surface area (Å²) in [6.45, 7) is 2.84. The van der Waals surface area contributed by atoms with Crippen molar-refractivity contribution in [3.8, 4) is 0 Å². The van der Waals surface area contributed by atoms with Crippen molar-refractivity contribution in [2.75, 3.05) is 11.5 Å². The fourth-order valence-electron chi connectivity index (χ4n) is 1.84. The SMILES string of the molecule is CC(N)c1nnnn1CC1CCSCC1. The van der Waals surface area contributed by atoms with Crippen molar-refractivity contribution in [3.05, 3.63) is 5.82 Å². The summed E-state index contributed by atoms with van der Waals surface area (Å²) >= 11 is 2.04. The number of rotatable bonds is 3. The second-order valence-corrected chi connectivity index (χ2v) is 5.29. The van der Waals surface area contributed by atoms with Gasteiger partial charge in [0.2, 0.25) is 0 Å². The summed E-state index contributed by atoms with van der Waals surface area (Å²) in [5.41, 5.74) is 5.80. The highest BCUT2D eigenvalue weighted by Gasteiger charge is 2.18. The van der Waals surface area contributed by atoms with E-state index < -0.39 is 0 Å². The van der Waals surface area contributed by atoms with Crippen LogP contribution in [0.5, 0.6) is 0 Å². The van der Waals surface area contributed by atoms with Crippen LogP contribution in [-0.4, -0.2) is 31.7 Å². The Hall–Kier alpha value is -0.620. The molecule has 2 rings (SSSR count). The fraction of sp³-hybridized carbons (Fsp3) is 0.889. The maximum Gasteiger partial charge on any atom is 0.167 e. The van der Waals surface area contributed by atoms with Crippen molar-refractivity contribution < 1.29 is 0 Å². The first-order chi connectivity index (χ1) is 7.27. The molecule has 0 amide bonds. The standard InChI is InChI=1S/C9H17N5S/c1-7(10)9-11-12-13-14(9)6-8-2-4-15-5-3-8/h7-8H,2-6,10H2,1H3. The lowest BCUT2D eigenvalue weighted by atomic mass is 10.0. The zero-order valence-corrected chi connectivity index (χ0v) is 9.78. The van der Waals surface area contributed by atoms with Crippen LogP contribution in [0.2, 0.25) is 0 Å². The Bertz CT molecular complexity index is 305. The van der Waals surface area contributed by atoms with Crippen LogP contribution in [0.15, 0.2) is 0 Å². The van der Waals surface area contributed by atoms with Crippen LogP contribution in [0.25, 0.3) is 0 Å². The summed E-state index contributed by atoms with van der Waals surface area (Å²) in [6.07, 6.45) is 2.53. The molecule has 1 aliphatic rings. The average Bonchev–Trinajstić information content (AvgIpc) is 2.67. The van der Waals surface area contributed by atoms with Crippen molar-refractivity contribution in [1.82, 2.24) is 20.2 Å². The molecule has 6 heteroatoms. The number of aromatic nitrogens is 4. The minimum atomic E-state index is -0.0852. The maximum atomic E-state index is 5.80. The van der Waals surface area contributed by atoms with E-state index in [1.165, 1.54) is 24.3 Å². The average molecular weight is 227 g/mol. The smallest absolute Gasteiger partial charge is 0.167 e. The van der Waals surface area contributed by atoms with Crippen LogP contribution in [0.1, 0.15) is 31.6 Å². The van der Waals surface area contributed by atoms with Crippen molar-refractivity contribution >= 4 is 11.8 Å². The van der Waals surface area contributed by atoms with E-state index in [-0.39, 0.29) is 6.04 Å². The molecule has 0 saturated carbocycles. The van der Waals surface area contributed by atoms with Crippen LogP contribution in [0.3, 0.4) is 0 Å². The maximum absolute atomic E-state index is 5.80. The molecular formula is C9H17N5S. The number of nitrogens with zero attached hydrogens (tertiary/aromatic N) is 4. The molecule has 15 heavy (non-hydrogen) atoms. The van der Waals surface area contributed by atoms with Crippen LogP contribution >= 0.6 is 11.8 Å². The van der Waals surface area contributed by atoms with Crippen molar-refractivity contribution in [2.45, 2.75) is 32.4 Å². The third-order valence-corrected chi connectivity index (χ3v) is 3.79. The minimum absolute atomic E-state index is 0.0852. The van der Waals surface area contributed by atoms with Gasteiger partial charge in [-0.15, -0.1) is 5.10 Å². The first kappa shape index (κ1) is 10.9. The molecule has 0 spiro atoms. The molecule has 1 fully saturated rings. The predicted molar refractivity (Wildman–Crippen MR) is 60.5 cm³/mol. The Kier molecular flexibility index (Phi) is 3.58. The number of hydrogen-bond acceptors (Lipinski definition) is 5. The Morgan fingerprint density at radius 2 is 2.27 bits per heavy atom. The van der Waals surface area contributed by atoms with E-state index in [4.69, 9.17) is 5.73 Å². The highest BCUT2D eigenvalue weighted by Crippen LogP contribution is 2.24. The number of tetrazole rings is 1. The first-order valence-electron chi connectivity index (χ1n) is 5.36. The van der Waals surface area contributed by atoms with E-state index in [0.29, 0.717) is 5.92 Å². The topological polar surface area (TPSA) is 69.6 Å². The molecule has 1 saturated heterocycles. The largest absolute Gasteiger partial charge is 0.322 e. The Morgan fingerprint density at radius 3 is 2.93 bits per heavy atom. The highest BCUT2D eigenvalue weighted by atomic mass is 32.2. The molecule has 5 nitrogen and oxygen atoms in total. The normalized spacial score (nSPS) is 20.4. The van der Waals surface area contributed by atoms with E-state index in [1.54, 1.807) is 0 Å². The molecule has 0 bridgehead atoms. The van der Waals surface area contributed by atoms with Gasteiger partial charge in [-0.3, -0.25) is 0 Å². The Morgan fingerprint density at radius 1 is 1.53 bits per heavy atom. The molecule has 84 valence electrons. The van der Waals surface area contributed by atoms with Gasteiger partial charge in [0.15, 0.2) is 5.82 Å². The first-order valence-corrected chi connectivity index (χ1v) is 6.52. The quantitative estimate of drug-likeness (QED) is 0.828. The van der Waals surface area contributed by atoms with Gasteiger partial charge in [0.05, 0.1) is 6.04 Å². The van der Waals surface area contributed by atoms with Crippen molar-refractivity contribution in [1.29, 1.82) is 0 Å². The van der Waals surface area contributed by atoms with E-state index in [1.807, 2.05) is 23.4 Å². The predicted octanol–water partition coefficient (Wildman–Crippen LogP) is 0.836. The van der Waals surface area contributed by atoms with Crippen LogP contribution in [-0.2, 0) is 6.54 Å². The van der Waals surface area contributed by atoms with Gasteiger partial charge < -0.3 is 5.73 Å². The summed E-state index contributed by atoms with van der Waals surface area (Å²) in [5, 5.41) is 11.6. The molecule has 1 atom stereocenters. The monoisotopic (exact) mass is 227 g/mol. The Labute approximate surface area is 93.8 Å². The molecule has 1 unspecified atom stereocenters. The third kappa shape index (κ3) is 2.69.